The highest BCUT2D eigenvalue weighted by Gasteiger charge is 2.16. The molecule has 0 saturated carbocycles. The Bertz CT molecular complexity index is 1210. The van der Waals surface area contributed by atoms with Crippen molar-refractivity contribution in [1.29, 1.82) is 0 Å². The fraction of sp³-hybridized carbons (Fsp3) is 0.0741. The highest BCUT2D eigenvalue weighted by atomic mass is 16.2. The molecule has 0 saturated heterocycles. The fourth-order valence-corrected chi connectivity index (χ4v) is 3.40. The number of carbonyl (C=O) groups is 2. The van der Waals surface area contributed by atoms with Gasteiger partial charge in [0, 0.05) is 11.4 Å². The standard InChI is InChI=1S/C27H23N3O2/c1-18-8-6-12-22(14-18)28-26(31)24-16-21(20-10-4-3-5-11-20)17-25(30-24)27(32)29-23-13-7-9-19(2)15-23/h3-17H,1-2H3,(H,28,31)(H,29,32). The lowest BCUT2D eigenvalue weighted by atomic mass is 10.0. The second-order valence-corrected chi connectivity index (χ2v) is 7.64. The molecule has 0 unspecified atom stereocenters. The van der Waals surface area contributed by atoms with Crippen LogP contribution in [0.4, 0.5) is 11.4 Å². The molecular formula is C27H23N3O2. The van der Waals surface area contributed by atoms with E-state index in [9.17, 15) is 9.59 Å². The summed E-state index contributed by atoms with van der Waals surface area (Å²) in [6.45, 7) is 3.91. The van der Waals surface area contributed by atoms with E-state index in [2.05, 4.69) is 15.6 Å². The number of nitrogens with zero attached hydrogens (tertiary/aromatic N) is 1. The molecule has 5 nitrogen and oxygen atoms in total. The number of benzene rings is 3. The van der Waals surface area contributed by atoms with Gasteiger partial charge in [0.2, 0.25) is 0 Å². The molecule has 1 aromatic heterocycles. The average molecular weight is 422 g/mol. The Labute approximate surface area is 187 Å². The zero-order valence-corrected chi connectivity index (χ0v) is 17.9. The summed E-state index contributed by atoms with van der Waals surface area (Å²) in [7, 11) is 0. The highest BCUT2D eigenvalue weighted by molar-refractivity contribution is 6.07. The summed E-state index contributed by atoms with van der Waals surface area (Å²) in [5, 5.41) is 5.74. The Hall–Kier alpha value is -4.25. The van der Waals surface area contributed by atoms with E-state index in [1.807, 2.05) is 92.7 Å². The van der Waals surface area contributed by atoms with Crippen LogP contribution in [0.25, 0.3) is 11.1 Å². The summed E-state index contributed by atoms with van der Waals surface area (Å²) >= 11 is 0. The molecule has 0 radical (unpaired) electrons. The Morgan fingerprint density at radius 2 is 1.09 bits per heavy atom. The van der Waals surface area contributed by atoms with Gasteiger partial charge in [-0.15, -0.1) is 0 Å². The predicted molar refractivity (Wildman–Crippen MR) is 128 cm³/mol. The second-order valence-electron chi connectivity index (χ2n) is 7.64. The molecular weight excluding hydrogens is 398 g/mol. The number of aryl methyl sites for hydroxylation is 2. The normalized spacial score (nSPS) is 10.4. The summed E-state index contributed by atoms with van der Waals surface area (Å²) in [6, 6.07) is 28.1. The second kappa shape index (κ2) is 9.27. The maximum absolute atomic E-state index is 13.0. The number of carbonyl (C=O) groups excluding carboxylic acids is 2. The molecule has 0 aliphatic rings. The van der Waals surface area contributed by atoms with Gasteiger partial charge in [-0.3, -0.25) is 9.59 Å². The van der Waals surface area contributed by atoms with Gasteiger partial charge in [0.15, 0.2) is 0 Å². The van der Waals surface area contributed by atoms with Gasteiger partial charge in [-0.2, -0.15) is 0 Å². The monoisotopic (exact) mass is 421 g/mol. The molecule has 3 aromatic carbocycles. The third kappa shape index (κ3) is 5.08. The summed E-state index contributed by atoms with van der Waals surface area (Å²) in [4.78, 5) is 30.3. The maximum atomic E-state index is 13.0. The maximum Gasteiger partial charge on any atom is 0.274 e. The number of anilines is 2. The molecule has 4 aromatic rings. The quantitative estimate of drug-likeness (QED) is 0.423. The topological polar surface area (TPSA) is 71.1 Å². The van der Waals surface area contributed by atoms with Crippen molar-refractivity contribution >= 4 is 23.2 Å². The first-order chi connectivity index (χ1) is 15.5. The molecule has 1 heterocycles. The number of nitrogens with one attached hydrogen (secondary N) is 2. The zero-order chi connectivity index (χ0) is 22.5. The van der Waals surface area contributed by atoms with Gasteiger partial charge in [0.1, 0.15) is 11.4 Å². The lowest BCUT2D eigenvalue weighted by Gasteiger charge is -2.11. The van der Waals surface area contributed by atoms with E-state index >= 15 is 0 Å². The molecule has 0 fully saturated rings. The van der Waals surface area contributed by atoms with E-state index in [0.717, 1.165) is 22.3 Å². The van der Waals surface area contributed by atoms with Gasteiger partial charge in [0.25, 0.3) is 11.8 Å². The van der Waals surface area contributed by atoms with Crippen LogP contribution in [0.3, 0.4) is 0 Å². The number of hydrogen-bond acceptors (Lipinski definition) is 3. The van der Waals surface area contributed by atoms with Gasteiger partial charge >= 0.3 is 0 Å². The van der Waals surface area contributed by atoms with Crippen LogP contribution in [0.5, 0.6) is 0 Å². The lowest BCUT2D eigenvalue weighted by Crippen LogP contribution is -2.19. The Morgan fingerprint density at radius 1 is 0.594 bits per heavy atom. The van der Waals surface area contributed by atoms with Crippen LogP contribution in [-0.2, 0) is 0 Å². The van der Waals surface area contributed by atoms with Crippen molar-refractivity contribution in [2.75, 3.05) is 10.6 Å². The summed E-state index contributed by atoms with van der Waals surface area (Å²) in [6.07, 6.45) is 0. The van der Waals surface area contributed by atoms with Crippen LogP contribution in [0.15, 0.2) is 91.0 Å². The first-order valence-corrected chi connectivity index (χ1v) is 10.3. The van der Waals surface area contributed by atoms with Crippen molar-refractivity contribution in [2.45, 2.75) is 13.8 Å². The van der Waals surface area contributed by atoms with Gasteiger partial charge in [0.05, 0.1) is 0 Å². The van der Waals surface area contributed by atoms with Crippen molar-refractivity contribution in [1.82, 2.24) is 4.98 Å². The first kappa shape index (κ1) is 21.0. The molecule has 2 amide bonds. The van der Waals surface area contributed by atoms with Crippen molar-refractivity contribution in [3.63, 3.8) is 0 Å². The van der Waals surface area contributed by atoms with Crippen molar-refractivity contribution in [3.05, 3.63) is 114 Å². The SMILES string of the molecule is Cc1cccc(NC(=O)c2cc(-c3ccccc3)cc(C(=O)Nc3cccc(C)c3)n2)c1. The smallest absolute Gasteiger partial charge is 0.274 e. The summed E-state index contributed by atoms with van der Waals surface area (Å²) < 4.78 is 0. The minimum Gasteiger partial charge on any atom is -0.321 e. The molecule has 0 bridgehead atoms. The number of amides is 2. The third-order valence-electron chi connectivity index (χ3n) is 4.95. The molecule has 158 valence electrons. The molecule has 2 N–H and O–H groups in total. The van der Waals surface area contributed by atoms with Gasteiger partial charge in [-0.05, 0) is 72.5 Å². The van der Waals surface area contributed by atoms with Crippen molar-refractivity contribution in [2.24, 2.45) is 0 Å². The number of aromatic nitrogens is 1. The van der Waals surface area contributed by atoms with Crippen LogP contribution in [-0.4, -0.2) is 16.8 Å². The molecule has 4 rings (SSSR count). The van der Waals surface area contributed by atoms with E-state index in [-0.39, 0.29) is 23.2 Å². The first-order valence-electron chi connectivity index (χ1n) is 10.3. The van der Waals surface area contributed by atoms with Crippen LogP contribution in [0, 0.1) is 13.8 Å². The zero-order valence-electron chi connectivity index (χ0n) is 17.9. The lowest BCUT2D eigenvalue weighted by molar-refractivity contribution is 0.101. The Morgan fingerprint density at radius 3 is 1.56 bits per heavy atom. The van der Waals surface area contributed by atoms with Crippen LogP contribution >= 0.6 is 0 Å². The van der Waals surface area contributed by atoms with E-state index < -0.39 is 0 Å². The summed E-state index contributed by atoms with van der Waals surface area (Å²) in [5.74, 6) is -0.754. The minimum atomic E-state index is -0.377. The largest absolute Gasteiger partial charge is 0.321 e. The van der Waals surface area contributed by atoms with Crippen LogP contribution in [0.1, 0.15) is 32.1 Å². The van der Waals surface area contributed by atoms with E-state index in [1.54, 1.807) is 12.1 Å². The third-order valence-corrected chi connectivity index (χ3v) is 4.95. The summed E-state index contributed by atoms with van der Waals surface area (Å²) in [5.41, 5.74) is 5.39. The Kier molecular flexibility index (Phi) is 6.08. The van der Waals surface area contributed by atoms with Gasteiger partial charge < -0.3 is 10.6 Å². The van der Waals surface area contributed by atoms with Crippen molar-refractivity contribution in [3.8, 4) is 11.1 Å². The Balaban J connectivity index is 1.69. The van der Waals surface area contributed by atoms with Gasteiger partial charge in [-0.1, -0.05) is 54.6 Å². The van der Waals surface area contributed by atoms with Gasteiger partial charge in [-0.25, -0.2) is 4.98 Å². The molecule has 0 aliphatic heterocycles. The number of pyridine rings is 1. The van der Waals surface area contributed by atoms with Crippen LogP contribution in [0.2, 0.25) is 0 Å². The fourth-order valence-electron chi connectivity index (χ4n) is 3.40. The van der Waals surface area contributed by atoms with Crippen LogP contribution < -0.4 is 10.6 Å². The van der Waals surface area contributed by atoms with E-state index in [1.165, 1.54) is 0 Å². The molecule has 0 atom stereocenters. The van der Waals surface area contributed by atoms with E-state index in [4.69, 9.17) is 0 Å². The van der Waals surface area contributed by atoms with Crippen molar-refractivity contribution < 1.29 is 9.59 Å². The molecule has 32 heavy (non-hydrogen) atoms. The predicted octanol–water partition coefficient (Wildman–Crippen LogP) is 5.87. The van der Waals surface area contributed by atoms with E-state index in [0.29, 0.717) is 11.4 Å². The number of rotatable bonds is 5. The highest BCUT2D eigenvalue weighted by Crippen LogP contribution is 2.22. The molecule has 0 spiro atoms. The minimum absolute atomic E-state index is 0.169. The average Bonchev–Trinajstić information content (AvgIpc) is 2.79. The molecule has 0 aliphatic carbocycles. The molecule has 5 heteroatoms. The number of hydrogen-bond donors (Lipinski definition) is 2.